The maximum absolute atomic E-state index is 7.18. The normalized spacial score (nSPS) is 16.9. The summed E-state index contributed by atoms with van der Waals surface area (Å²) in [7, 11) is 0. The summed E-state index contributed by atoms with van der Waals surface area (Å²) in [4.78, 5) is 0. The Bertz CT molecular complexity index is 3750. The SMILES string of the molecule is CC1(C)c2ccccc2-c2ccc(-c3ccc4c(c3)C3(c5ccccc5Oc5c(Nc6ccc7c(c6)C6(c8ccccc8-c8ccccc86)c6ccccc6-7)cccc53)c3ccccc3-4)cc21. The Morgan fingerprint density at radius 3 is 1.30 bits per heavy atom. The second-order valence-electron chi connectivity index (χ2n) is 19.5. The van der Waals surface area contributed by atoms with E-state index >= 15 is 0 Å². The highest BCUT2D eigenvalue weighted by Crippen LogP contribution is 2.65. The highest BCUT2D eigenvalue weighted by Gasteiger charge is 2.53. The van der Waals surface area contributed by atoms with E-state index in [1.807, 2.05) is 0 Å². The quantitative estimate of drug-likeness (QED) is 0.191. The van der Waals surface area contributed by atoms with Crippen LogP contribution in [-0.2, 0) is 16.2 Å². The molecular formula is C65H43NO. The number of rotatable bonds is 3. The number of hydrogen-bond donors (Lipinski definition) is 1. The molecule has 0 radical (unpaired) electrons. The first-order chi connectivity index (χ1) is 33.0. The minimum absolute atomic E-state index is 0.0897. The summed E-state index contributed by atoms with van der Waals surface area (Å²) in [6.07, 6.45) is 0. The molecule has 1 aliphatic heterocycles. The smallest absolute Gasteiger partial charge is 0.155 e. The third kappa shape index (κ3) is 4.55. The fraction of sp³-hybridized carbons (Fsp3) is 0.0769. The van der Waals surface area contributed by atoms with E-state index in [-0.39, 0.29) is 5.41 Å². The first-order valence-corrected chi connectivity index (χ1v) is 23.6. The van der Waals surface area contributed by atoms with Crippen LogP contribution < -0.4 is 10.1 Å². The Balaban J connectivity index is 0.911. The van der Waals surface area contributed by atoms with Crippen molar-refractivity contribution in [3.05, 3.63) is 274 Å². The molecule has 314 valence electrons. The summed E-state index contributed by atoms with van der Waals surface area (Å²) in [5.41, 5.74) is 26.6. The molecule has 0 bridgehead atoms. The molecule has 0 fully saturated rings. The van der Waals surface area contributed by atoms with Crippen molar-refractivity contribution in [1.82, 2.24) is 0 Å². The number of benzene rings is 10. The van der Waals surface area contributed by atoms with Crippen molar-refractivity contribution >= 4 is 11.4 Å². The standard InChI is InChI=1S/C65H43NO/c1-63(2)50-21-8-3-16-42(50)47-33-30-39(36-57(47)63)40-31-34-48-45-19-7-12-25-54(45)65(58(48)37-40)55-26-13-14-29-61(55)67-62-56(65)27-15-28-60(62)66-41-32-35-49-46-20-6-11-24-53(46)64(59(49)38-41)51-22-9-4-17-43(51)44-18-5-10-23-52(44)64/h3-38,66H,1-2H3. The van der Waals surface area contributed by atoms with Crippen molar-refractivity contribution in [3.63, 3.8) is 0 Å². The van der Waals surface area contributed by atoms with Crippen molar-refractivity contribution in [2.24, 2.45) is 0 Å². The third-order valence-corrected chi connectivity index (χ3v) is 16.2. The van der Waals surface area contributed by atoms with E-state index < -0.39 is 10.8 Å². The van der Waals surface area contributed by atoms with Gasteiger partial charge in [0, 0.05) is 22.2 Å². The molecule has 67 heavy (non-hydrogen) atoms. The average Bonchev–Trinajstić information content (AvgIpc) is 4.03. The van der Waals surface area contributed by atoms with Crippen molar-refractivity contribution in [2.45, 2.75) is 30.1 Å². The van der Waals surface area contributed by atoms with Crippen LogP contribution in [0.1, 0.15) is 69.5 Å². The topological polar surface area (TPSA) is 21.3 Å². The summed E-state index contributed by atoms with van der Waals surface area (Å²) >= 11 is 0. The fourth-order valence-electron chi connectivity index (χ4n) is 13.4. The number of hydrogen-bond acceptors (Lipinski definition) is 2. The largest absolute Gasteiger partial charge is 0.454 e. The van der Waals surface area contributed by atoms with Crippen LogP contribution in [0.5, 0.6) is 11.5 Å². The van der Waals surface area contributed by atoms with E-state index in [9.17, 15) is 0 Å². The monoisotopic (exact) mass is 853 g/mol. The molecule has 1 heterocycles. The van der Waals surface area contributed by atoms with Gasteiger partial charge in [0.25, 0.3) is 0 Å². The molecule has 2 heteroatoms. The molecule has 4 aliphatic carbocycles. The molecule has 2 spiro atoms. The van der Waals surface area contributed by atoms with Crippen LogP contribution in [0.15, 0.2) is 218 Å². The van der Waals surface area contributed by atoms with Crippen LogP contribution in [0.4, 0.5) is 11.4 Å². The summed E-state index contributed by atoms with van der Waals surface area (Å²) < 4.78 is 7.18. The maximum Gasteiger partial charge on any atom is 0.155 e. The van der Waals surface area contributed by atoms with Crippen LogP contribution >= 0.6 is 0 Å². The number of nitrogens with one attached hydrogen (secondary N) is 1. The molecule has 0 aromatic heterocycles. The van der Waals surface area contributed by atoms with E-state index in [1.54, 1.807) is 0 Å². The molecule has 5 aliphatic rings. The van der Waals surface area contributed by atoms with Gasteiger partial charge in [-0.3, -0.25) is 0 Å². The van der Waals surface area contributed by atoms with Gasteiger partial charge in [0.2, 0.25) is 0 Å². The summed E-state index contributed by atoms with van der Waals surface area (Å²) in [6, 6.07) is 81.6. The van der Waals surface area contributed by atoms with Crippen molar-refractivity contribution in [3.8, 4) is 67.1 Å². The summed E-state index contributed by atoms with van der Waals surface area (Å²) in [5, 5.41) is 3.98. The second kappa shape index (κ2) is 13.0. The average molecular weight is 854 g/mol. The lowest BCUT2D eigenvalue weighted by Gasteiger charge is -2.40. The highest BCUT2D eigenvalue weighted by molar-refractivity contribution is 5.97. The third-order valence-electron chi connectivity index (χ3n) is 16.2. The van der Waals surface area contributed by atoms with Gasteiger partial charge in [0.1, 0.15) is 5.75 Å². The van der Waals surface area contributed by atoms with Crippen molar-refractivity contribution in [2.75, 3.05) is 5.32 Å². The second-order valence-corrected chi connectivity index (χ2v) is 19.5. The minimum atomic E-state index is -0.628. The Morgan fingerprint density at radius 1 is 0.313 bits per heavy atom. The molecule has 1 atom stereocenters. The summed E-state index contributed by atoms with van der Waals surface area (Å²) in [6.45, 7) is 4.73. The van der Waals surface area contributed by atoms with Crippen molar-refractivity contribution in [1.29, 1.82) is 0 Å². The van der Waals surface area contributed by atoms with Crippen LogP contribution in [0.25, 0.3) is 55.6 Å². The zero-order valence-corrected chi connectivity index (χ0v) is 37.2. The highest BCUT2D eigenvalue weighted by atomic mass is 16.5. The summed E-state index contributed by atoms with van der Waals surface area (Å²) in [5.74, 6) is 1.72. The number of fused-ring (bicyclic) bond motifs is 22. The van der Waals surface area contributed by atoms with Gasteiger partial charge in [0.15, 0.2) is 5.75 Å². The lowest BCUT2D eigenvalue weighted by molar-refractivity contribution is 0.438. The van der Waals surface area contributed by atoms with E-state index in [0.717, 1.165) is 34.0 Å². The van der Waals surface area contributed by atoms with E-state index in [0.29, 0.717) is 0 Å². The van der Waals surface area contributed by atoms with Gasteiger partial charge in [-0.1, -0.05) is 196 Å². The lowest BCUT2D eigenvalue weighted by atomic mass is 9.65. The Kier molecular flexibility index (Phi) is 7.19. The Morgan fingerprint density at radius 2 is 0.716 bits per heavy atom. The lowest BCUT2D eigenvalue weighted by Crippen LogP contribution is -2.32. The predicted molar refractivity (Wildman–Crippen MR) is 273 cm³/mol. The zero-order valence-electron chi connectivity index (χ0n) is 37.2. The van der Waals surface area contributed by atoms with E-state index in [2.05, 4.69) is 238 Å². The molecule has 1 unspecified atom stereocenters. The Hall–Kier alpha value is -8.20. The molecule has 0 saturated carbocycles. The van der Waals surface area contributed by atoms with Gasteiger partial charge in [-0.05, 0) is 137 Å². The van der Waals surface area contributed by atoms with Gasteiger partial charge in [-0.2, -0.15) is 0 Å². The molecule has 0 amide bonds. The fourth-order valence-corrected chi connectivity index (χ4v) is 13.4. The molecule has 1 N–H and O–H groups in total. The first-order valence-electron chi connectivity index (χ1n) is 23.6. The number of ether oxygens (including phenoxy) is 1. The molecular weight excluding hydrogens is 811 g/mol. The van der Waals surface area contributed by atoms with Gasteiger partial charge >= 0.3 is 0 Å². The number of para-hydroxylation sites is 2. The van der Waals surface area contributed by atoms with Gasteiger partial charge in [-0.25, -0.2) is 0 Å². The first kappa shape index (κ1) is 37.1. The van der Waals surface area contributed by atoms with E-state index in [1.165, 1.54) is 100 Å². The minimum Gasteiger partial charge on any atom is -0.454 e. The van der Waals surface area contributed by atoms with Crippen LogP contribution in [0, 0.1) is 0 Å². The van der Waals surface area contributed by atoms with Gasteiger partial charge in [0.05, 0.1) is 16.5 Å². The molecule has 10 aromatic carbocycles. The van der Waals surface area contributed by atoms with Gasteiger partial charge < -0.3 is 10.1 Å². The molecule has 15 rings (SSSR count). The van der Waals surface area contributed by atoms with Gasteiger partial charge in [-0.15, -0.1) is 0 Å². The van der Waals surface area contributed by atoms with Crippen LogP contribution in [0.3, 0.4) is 0 Å². The Labute approximate surface area is 390 Å². The zero-order chi connectivity index (χ0) is 44.2. The maximum atomic E-state index is 7.18. The van der Waals surface area contributed by atoms with Crippen LogP contribution in [0.2, 0.25) is 0 Å². The molecule has 0 saturated heterocycles. The number of anilines is 2. The molecule has 2 nitrogen and oxygen atoms in total. The van der Waals surface area contributed by atoms with E-state index in [4.69, 9.17) is 4.74 Å². The molecule has 10 aromatic rings. The van der Waals surface area contributed by atoms with Crippen LogP contribution in [-0.4, -0.2) is 0 Å². The van der Waals surface area contributed by atoms with Crippen molar-refractivity contribution < 1.29 is 4.74 Å². The predicted octanol–water partition coefficient (Wildman–Crippen LogP) is 16.2.